The summed E-state index contributed by atoms with van der Waals surface area (Å²) >= 11 is 0. The van der Waals surface area contributed by atoms with E-state index < -0.39 is 15.3 Å². The van der Waals surface area contributed by atoms with Crippen molar-refractivity contribution in [3.8, 4) is 0 Å². The molecular weight excluding hydrogens is 218 g/mol. The first-order valence-corrected chi connectivity index (χ1v) is 1.70. The molecule has 0 heterocycles. The normalized spacial score (nSPS) is 5.14. The minimum atomic E-state index is -1.50. The summed E-state index contributed by atoms with van der Waals surface area (Å²) in [5, 5.41) is 40.9. The van der Waals surface area contributed by atoms with E-state index in [-0.39, 0.29) is 11.0 Å². The van der Waals surface area contributed by atoms with E-state index in [0.717, 1.165) is 0 Å². The lowest BCUT2D eigenvalue weighted by molar-refractivity contribution is -0.742. The maximum absolute atomic E-state index is 8.36. The van der Waals surface area contributed by atoms with Gasteiger partial charge < -0.3 is 26.6 Å². The van der Waals surface area contributed by atoms with Gasteiger partial charge in [-0.3, -0.25) is 0 Å². The molecule has 0 aliphatic rings. The first kappa shape index (κ1) is 30.0. The van der Waals surface area contributed by atoms with Crippen LogP contribution in [0.25, 0.3) is 0 Å². The van der Waals surface area contributed by atoms with Gasteiger partial charge in [0.25, 0.3) is 15.3 Å². The third-order valence-corrected chi connectivity index (χ3v) is 0. The van der Waals surface area contributed by atoms with E-state index in [2.05, 4.69) is 0 Å². The molecule has 0 atom stereocenters. The predicted molar refractivity (Wildman–Crippen MR) is 33.6 cm³/mol. The van der Waals surface area contributed by atoms with Gasteiger partial charge in [-0.05, 0) is 0 Å². The van der Waals surface area contributed by atoms with Gasteiger partial charge in [-0.1, -0.05) is 0 Å². The maximum Gasteiger partial charge on any atom is 0.291 e. The molecule has 0 bridgehead atoms. The Balaban J connectivity index is -0.0000000270. The smallest absolute Gasteiger partial charge is 0.291 e. The Bertz CT molecular complexity index is 108. The molecule has 0 fully saturated rings. The molecule has 0 aromatic carbocycles. The Morgan fingerprint density at radius 2 is 0.643 bits per heavy atom. The molecule has 0 aromatic rings. The highest BCUT2D eigenvalue weighted by molar-refractivity contribution is 3.84. The van der Waals surface area contributed by atoms with E-state index in [0.29, 0.717) is 0 Å². The van der Waals surface area contributed by atoms with E-state index in [4.69, 9.17) is 46.0 Å². The van der Waals surface area contributed by atoms with Crippen LogP contribution in [-0.4, -0.2) is 41.8 Å². The molecule has 0 saturated heterocycles. The molecular formula is H7N3O11. The summed E-state index contributed by atoms with van der Waals surface area (Å²) in [5.41, 5.74) is 0. The predicted octanol–water partition coefficient (Wildman–Crippen LogP) is -2.69. The SMILES string of the molecule is O.O.O=[N+]([O-])O.O=[N+]([O-])O.O=[N+]([O-])O. The summed E-state index contributed by atoms with van der Waals surface area (Å²) in [6, 6.07) is 0. The Morgan fingerprint density at radius 3 is 0.643 bits per heavy atom. The van der Waals surface area contributed by atoms with Crippen LogP contribution in [0.4, 0.5) is 0 Å². The highest BCUT2D eigenvalue weighted by atomic mass is 16.9. The van der Waals surface area contributed by atoms with Gasteiger partial charge in [0.15, 0.2) is 0 Å². The van der Waals surface area contributed by atoms with Crippen molar-refractivity contribution in [1.29, 1.82) is 0 Å². The monoisotopic (exact) mass is 225 g/mol. The van der Waals surface area contributed by atoms with Gasteiger partial charge >= 0.3 is 0 Å². The molecule has 14 heavy (non-hydrogen) atoms. The molecule has 14 heteroatoms. The average molecular weight is 225 g/mol. The van der Waals surface area contributed by atoms with Gasteiger partial charge in [0.05, 0.1) is 0 Å². The zero-order valence-corrected chi connectivity index (χ0v) is 6.13. The van der Waals surface area contributed by atoms with Crippen molar-refractivity contribution in [2.45, 2.75) is 0 Å². The highest BCUT2D eigenvalue weighted by Gasteiger charge is 1.66. The van der Waals surface area contributed by atoms with Crippen LogP contribution in [0.5, 0.6) is 0 Å². The fourth-order valence-corrected chi connectivity index (χ4v) is 0. The van der Waals surface area contributed by atoms with Crippen LogP contribution >= 0.6 is 0 Å². The lowest BCUT2D eigenvalue weighted by Gasteiger charge is -1.56. The molecule has 0 unspecified atom stereocenters. The van der Waals surface area contributed by atoms with E-state index in [1.54, 1.807) is 0 Å². The second kappa shape index (κ2) is 22.4. The second-order valence-corrected chi connectivity index (χ2v) is 0.714. The Labute approximate surface area is 73.6 Å². The van der Waals surface area contributed by atoms with Gasteiger partial charge in [0.1, 0.15) is 0 Å². The Morgan fingerprint density at radius 1 is 0.643 bits per heavy atom. The molecule has 0 aliphatic carbocycles. The molecule has 88 valence electrons. The van der Waals surface area contributed by atoms with Gasteiger partial charge in [-0.25, -0.2) is 0 Å². The van der Waals surface area contributed by atoms with E-state index in [9.17, 15) is 0 Å². The van der Waals surface area contributed by atoms with E-state index >= 15 is 0 Å². The first-order valence-electron chi connectivity index (χ1n) is 1.70. The number of rotatable bonds is 0. The third-order valence-electron chi connectivity index (χ3n) is 0. The van der Waals surface area contributed by atoms with Crippen molar-refractivity contribution >= 4 is 0 Å². The molecule has 0 saturated carbocycles. The quantitative estimate of drug-likeness (QED) is 0.285. The zero-order chi connectivity index (χ0) is 10.7. The maximum atomic E-state index is 8.36. The minimum Gasteiger partial charge on any atom is -0.412 e. The molecule has 0 aliphatic heterocycles. The fourth-order valence-electron chi connectivity index (χ4n) is 0. The lowest BCUT2D eigenvalue weighted by atomic mass is 13.1. The van der Waals surface area contributed by atoms with Crippen LogP contribution in [0, 0.1) is 30.3 Å². The molecule has 0 spiro atoms. The van der Waals surface area contributed by atoms with Crippen LogP contribution in [-0.2, 0) is 0 Å². The van der Waals surface area contributed by atoms with Crippen molar-refractivity contribution in [1.82, 2.24) is 0 Å². The van der Waals surface area contributed by atoms with Crippen LogP contribution in [0.15, 0.2) is 0 Å². The lowest BCUT2D eigenvalue weighted by Crippen LogP contribution is -1.81. The Hall–Kier alpha value is -2.48. The van der Waals surface area contributed by atoms with Gasteiger partial charge in [0.2, 0.25) is 0 Å². The van der Waals surface area contributed by atoms with Crippen molar-refractivity contribution in [3.63, 3.8) is 0 Å². The zero-order valence-electron chi connectivity index (χ0n) is 6.13. The van der Waals surface area contributed by atoms with Crippen LogP contribution in [0.3, 0.4) is 0 Å². The fraction of sp³-hybridized carbons (Fsp3) is 0. The molecule has 0 radical (unpaired) electrons. The Kier molecular flexibility index (Phi) is 48.0. The van der Waals surface area contributed by atoms with Crippen molar-refractivity contribution in [2.75, 3.05) is 0 Å². The van der Waals surface area contributed by atoms with Crippen LogP contribution in [0.1, 0.15) is 0 Å². The largest absolute Gasteiger partial charge is 0.412 e. The van der Waals surface area contributed by atoms with Crippen molar-refractivity contribution in [2.24, 2.45) is 0 Å². The molecule has 7 N–H and O–H groups in total. The topological polar surface area (TPSA) is 253 Å². The van der Waals surface area contributed by atoms with Crippen LogP contribution in [0.2, 0.25) is 0 Å². The second-order valence-electron chi connectivity index (χ2n) is 0.714. The number of hydrogen-bond acceptors (Lipinski definition) is 6. The van der Waals surface area contributed by atoms with Gasteiger partial charge in [-0.15, -0.1) is 30.3 Å². The summed E-state index contributed by atoms with van der Waals surface area (Å²) in [5.74, 6) is 0. The van der Waals surface area contributed by atoms with E-state index in [1.165, 1.54) is 0 Å². The molecule has 0 rings (SSSR count). The summed E-state index contributed by atoms with van der Waals surface area (Å²) in [6.45, 7) is 0. The minimum absolute atomic E-state index is 0. The highest BCUT2D eigenvalue weighted by Crippen LogP contribution is 1.39. The average Bonchev–Trinajstić information content (AvgIpc) is 1.54. The first-order chi connectivity index (χ1) is 5.20. The standard InChI is InChI=1S/3HNO3.2H2O/c3*2-1(3)4;;/h3*(H,2,3,4);2*1H2. The summed E-state index contributed by atoms with van der Waals surface area (Å²) in [7, 11) is 0. The summed E-state index contributed by atoms with van der Waals surface area (Å²) in [6.07, 6.45) is 0. The van der Waals surface area contributed by atoms with Crippen molar-refractivity contribution < 1.29 is 41.8 Å². The number of hydrogen-bond donors (Lipinski definition) is 3. The third kappa shape index (κ3) is 112. The number of nitrogens with zero attached hydrogens (tertiary/aromatic N) is 3. The van der Waals surface area contributed by atoms with Gasteiger partial charge in [0, 0.05) is 0 Å². The van der Waals surface area contributed by atoms with Crippen molar-refractivity contribution in [3.05, 3.63) is 30.3 Å². The molecule has 14 nitrogen and oxygen atoms in total. The van der Waals surface area contributed by atoms with E-state index in [1.807, 2.05) is 0 Å². The van der Waals surface area contributed by atoms with Gasteiger partial charge in [-0.2, -0.15) is 0 Å². The van der Waals surface area contributed by atoms with Crippen LogP contribution < -0.4 is 0 Å². The molecule has 0 aromatic heterocycles. The molecule has 0 amide bonds. The summed E-state index contributed by atoms with van der Waals surface area (Å²) < 4.78 is 0. The summed E-state index contributed by atoms with van der Waals surface area (Å²) in [4.78, 5) is 25.1.